The predicted molar refractivity (Wildman–Crippen MR) is 395 cm³/mol. The Balaban J connectivity index is 1.15. The molecule has 0 aromatic heterocycles. The Morgan fingerprint density at radius 1 is 0.505 bits per heavy atom. The van der Waals surface area contributed by atoms with Gasteiger partial charge in [-0.3, -0.25) is 34.8 Å². The van der Waals surface area contributed by atoms with Gasteiger partial charge in [-0.15, -0.1) is 0 Å². The van der Waals surface area contributed by atoms with Gasteiger partial charge in [-0.05, 0) is 94.0 Å². The molecule has 546 valence electrons. The van der Waals surface area contributed by atoms with Crippen molar-refractivity contribution in [2.24, 2.45) is 0 Å². The van der Waals surface area contributed by atoms with Crippen molar-refractivity contribution in [3.05, 3.63) is 89.5 Å². The van der Waals surface area contributed by atoms with E-state index in [0.717, 1.165) is 36.8 Å². The lowest BCUT2D eigenvalue weighted by atomic mass is 10.0. The Hall–Kier alpha value is -6.32. The molecule has 0 aliphatic carbocycles. The molecule has 5 N–H and O–H groups in total. The summed E-state index contributed by atoms with van der Waals surface area (Å²) >= 11 is 0. The van der Waals surface area contributed by atoms with E-state index in [9.17, 15) is 28.8 Å². The number of anilines is 1. The van der Waals surface area contributed by atoms with Gasteiger partial charge in [0.1, 0.15) is 42.3 Å². The summed E-state index contributed by atoms with van der Waals surface area (Å²) in [5.74, 6) is -1.17. The van der Waals surface area contributed by atoms with Crippen LogP contribution in [-0.2, 0) is 41.7 Å². The summed E-state index contributed by atoms with van der Waals surface area (Å²) in [6.07, 6.45) is 53.9. The van der Waals surface area contributed by atoms with Gasteiger partial charge in [-0.25, -0.2) is 4.79 Å². The van der Waals surface area contributed by atoms with E-state index in [1.165, 1.54) is 236 Å². The van der Waals surface area contributed by atoms with Crippen LogP contribution in [-0.4, -0.2) is 91.1 Å². The minimum Gasteiger partial charge on any atom is -0.493 e. The number of likely N-dealkylation sites (tertiary alicyclic amines) is 1. The Labute approximate surface area is 586 Å². The molecule has 97 heavy (non-hydrogen) atoms. The van der Waals surface area contributed by atoms with E-state index < -0.39 is 53.4 Å². The van der Waals surface area contributed by atoms with Crippen molar-refractivity contribution >= 4 is 41.4 Å². The maximum absolute atomic E-state index is 13.4. The first-order chi connectivity index (χ1) is 47.2. The van der Waals surface area contributed by atoms with Gasteiger partial charge in [0.2, 0.25) is 11.8 Å². The second-order valence-corrected chi connectivity index (χ2v) is 28.3. The predicted octanol–water partition coefficient (Wildman–Crippen LogP) is 19.2. The lowest BCUT2D eigenvalue weighted by Gasteiger charge is -2.25. The molecule has 3 aromatic rings. The molecule has 0 bridgehead atoms. The Morgan fingerprint density at radius 3 is 1.37 bits per heavy atom. The largest absolute Gasteiger partial charge is 0.493 e. The average Bonchev–Trinajstić information content (AvgIpc) is 1.87. The van der Waals surface area contributed by atoms with Crippen LogP contribution in [0.25, 0.3) is 0 Å². The second-order valence-electron chi connectivity index (χ2n) is 28.3. The van der Waals surface area contributed by atoms with E-state index in [2.05, 4.69) is 40.6 Å². The van der Waals surface area contributed by atoms with Crippen LogP contribution in [0.3, 0.4) is 0 Å². The Bertz CT molecular complexity index is 2490. The van der Waals surface area contributed by atoms with Gasteiger partial charge < -0.3 is 39.8 Å². The Kier molecular flexibility index (Phi) is 45.9. The number of carbonyl (C=O) groups excluding carboxylic acids is 6. The van der Waals surface area contributed by atoms with Gasteiger partial charge in [-0.1, -0.05) is 288 Å². The zero-order valence-electron chi connectivity index (χ0n) is 61.3. The smallest absolute Gasteiger partial charge is 0.408 e. The van der Waals surface area contributed by atoms with Crippen LogP contribution >= 0.6 is 0 Å². The summed E-state index contributed by atoms with van der Waals surface area (Å²) in [6.45, 7) is 10.5. The summed E-state index contributed by atoms with van der Waals surface area (Å²) in [6, 6.07) is 19.4. The lowest BCUT2D eigenvalue weighted by molar-refractivity contribution is -0.143. The molecule has 1 heterocycles. The normalized spacial score (nSPS) is 13.2. The minimum atomic E-state index is -1.02. The number of ether oxygens (including phenoxy) is 4. The number of nitrogens with zero attached hydrogens (tertiary/aromatic N) is 1. The van der Waals surface area contributed by atoms with Crippen molar-refractivity contribution in [3.8, 4) is 11.5 Å². The van der Waals surface area contributed by atoms with E-state index in [0.29, 0.717) is 55.4 Å². The quantitative estimate of drug-likeness (QED) is 0.0204. The van der Waals surface area contributed by atoms with Crippen LogP contribution in [0, 0.1) is 0 Å². The van der Waals surface area contributed by atoms with E-state index >= 15 is 0 Å². The summed E-state index contributed by atoms with van der Waals surface area (Å²) in [7, 11) is 0. The number of alkyl carbamates (subject to hydrolysis) is 1. The third-order valence-electron chi connectivity index (χ3n) is 18.3. The van der Waals surface area contributed by atoms with Crippen LogP contribution in [0.5, 0.6) is 11.5 Å². The molecule has 4 rings (SSSR count). The number of nitrogens with one attached hydrogen (secondary N) is 5. The van der Waals surface area contributed by atoms with Gasteiger partial charge in [0, 0.05) is 24.6 Å². The van der Waals surface area contributed by atoms with Crippen molar-refractivity contribution < 1.29 is 47.7 Å². The zero-order valence-corrected chi connectivity index (χ0v) is 61.3. The van der Waals surface area contributed by atoms with Crippen LogP contribution in [0.15, 0.2) is 72.8 Å². The Morgan fingerprint density at radius 2 is 0.938 bits per heavy atom. The monoisotopic (exact) mass is 1350 g/mol. The topological polar surface area (TPSA) is 203 Å². The van der Waals surface area contributed by atoms with Crippen molar-refractivity contribution in [3.63, 3.8) is 0 Å². The van der Waals surface area contributed by atoms with E-state index in [-0.39, 0.29) is 26.1 Å². The van der Waals surface area contributed by atoms with Crippen LogP contribution in [0.4, 0.5) is 10.5 Å². The van der Waals surface area contributed by atoms with Gasteiger partial charge >= 0.3 is 12.1 Å². The molecule has 16 heteroatoms. The highest BCUT2D eigenvalue weighted by Gasteiger charge is 2.35. The zero-order chi connectivity index (χ0) is 69.7. The van der Waals surface area contributed by atoms with Gasteiger partial charge in [0.05, 0.1) is 25.4 Å². The molecule has 0 radical (unpaired) electrons. The fourth-order valence-corrected chi connectivity index (χ4v) is 12.6. The van der Waals surface area contributed by atoms with Crippen molar-refractivity contribution in [1.82, 2.24) is 26.3 Å². The van der Waals surface area contributed by atoms with Crippen LogP contribution in [0.2, 0.25) is 0 Å². The molecule has 1 saturated heterocycles. The van der Waals surface area contributed by atoms with Crippen molar-refractivity contribution in [1.29, 1.82) is 0 Å². The summed E-state index contributed by atoms with van der Waals surface area (Å²) < 4.78 is 23.6. The summed E-state index contributed by atoms with van der Waals surface area (Å²) in [4.78, 5) is 80.6. The molecule has 0 unspecified atom stereocenters. The molecule has 2 atom stereocenters. The maximum atomic E-state index is 13.4. The molecular weight excluding hydrogens is 1220 g/mol. The fourth-order valence-electron chi connectivity index (χ4n) is 12.6. The number of hydrogen-bond acceptors (Lipinski definition) is 11. The molecule has 3 aromatic carbocycles. The third-order valence-corrected chi connectivity index (χ3v) is 18.3. The molecule has 5 amide bonds. The fraction of sp³-hybridized carbons (Fsp3) is 0.704. The minimum absolute atomic E-state index is 0.0129. The molecule has 0 spiro atoms. The first-order valence-corrected chi connectivity index (χ1v) is 38.8. The highest BCUT2D eigenvalue weighted by molar-refractivity contribution is 5.96. The van der Waals surface area contributed by atoms with Gasteiger partial charge in [0.25, 0.3) is 11.8 Å². The van der Waals surface area contributed by atoms with Gasteiger partial charge in [-0.2, -0.15) is 0 Å². The van der Waals surface area contributed by atoms with E-state index in [4.69, 9.17) is 18.9 Å². The number of carbonyl (C=O) groups is 6. The van der Waals surface area contributed by atoms with Crippen LogP contribution in [0.1, 0.15) is 326 Å². The first-order valence-electron chi connectivity index (χ1n) is 38.8. The number of hydrazine groups is 1. The van der Waals surface area contributed by atoms with Crippen molar-refractivity contribution in [2.45, 2.75) is 335 Å². The average molecular weight is 1350 g/mol. The number of benzene rings is 3. The molecule has 1 fully saturated rings. The number of rotatable bonds is 58. The molecule has 16 nitrogen and oxygen atoms in total. The van der Waals surface area contributed by atoms with Gasteiger partial charge in [0.15, 0.2) is 0 Å². The lowest BCUT2D eigenvalue weighted by Crippen LogP contribution is -2.53. The molecule has 1 aliphatic rings. The SMILES string of the molecule is CCCCCCCCCCCCCCCCCCCCCCOc1cc(COC(=O)CNC(=O)c2ccc(NNC(=O)[C@@H]3CCCN3C(=O)CNC(=O)[C@H](Cc3ccccc3)NC(=O)OC(C)(C)C)cc2)cc(OCCCCCCCCCCCCCCCCCCCCCC)c1. The molecular formula is C81H132N6O10. The number of esters is 1. The second kappa shape index (κ2) is 53.6. The molecule has 1 aliphatic heterocycles. The highest BCUT2D eigenvalue weighted by Crippen LogP contribution is 2.26. The maximum Gasteiger partial charge on any atom is 0.408 e. The van der Waals surface area contributed by atoms with E-state index in [1.807, 2.05) is 48.5 Å². The van der Waals surface area contributed by atoms with Crippen LogP contribution < -0.4 is 36.3 Å². The first kappa shape index (κ1) is 83.1. The van der Waals surface area contributed by atoms with E-state index in [1.54, 1.807) is 45.0 Å². The summed E-state index contributed by atoms with van der Waals surface area (Å²) in [5.41, 5.74) is 7.05. The molecule has 0 saturated carbocycles. The van der Waals surface area contributed by atoms with Crippen molar-refractivity contribution in [2.75, 3.05) is 38.3 Å². The standard InChI is InChI=1S/C81H132N6O10/c1-6-8-10-12-14-16-18-20-22-24-26-28-30-32-34-36-38-40-42-47-58-94-71-60-68(61-72(63-71)95-59-48-43-41-39-37-35-33-31-29-27-25-23-21-19-17-15-13-11-9-7-2)66-96-76(89)65-83-77(90)69-53-55-70(56-54-69)85-86-79(92)74-52-49-57-87(74)75(88)64-82-78(91)73(62-67-50-45-44-46-51-67)84-80(93)97-81(3,4)5/h44-46,50-51,53-56,60-61,63,73-74,85H,6-43,47-49,52,57-59,62,64-66H2,1-5H3,(H,82,91)(H,83,90)(H,84,93)(H,86,92)/t73-,74-/m0/s1. The number of unbranched alkanes of at least 4 members (excludes halogenated alkanes) is 38. The number of amides is 5. The summed E-state index contributed by atoms with van der Waals surface area (Å²) in [5, 5.41) is 7.92. The third kappa shape index (κ3) is 41.6. The highest BCUT2D eigenvalue weighted by atomic mass is 16.6. The number of hydrogen-bond donors (Lipinski definition) is 5.